The molecule has 2 aromatic heterocycles. The molecule has 8 heteroatoms. The third-order valence-corrected chi connectivity index (χ3v) is 6.53. The number of benzene rings is 2. The average Bonchev–Trinajstić information content (AvgIpc) is 3.15. The number of fused-ring (bicyclic) bond motifs is 1. The number of methoxy groups -OCH3 is 1. The Balaban J connectivity index is 1.40. The topological polar surface area (TPSA) is 82.0 Å². The number of aromatic amines is 1. The van der Waals surface area contributed by atoms with Gasteiger partial charge in [-0.1, -0.05) is 44.7 Å². The zero-order chi connectivity index (χ0) is 23.6. The van der Waals surface area contributed by atoms with E-state index in [-0.39, 0.29) is 10.8 Å². The normalized spacial score (nSPS) is 11.7. The van der Waals surface area contributed by atoms with E-state index in [1.165, 1.54) is 17.3 Å². The van der Waals surface area contributed by atoms with Gasteiger partial charge in [-0.05, 0) is 41.3 Å². The number of thioether (sulfide) groups is 1. The van der Waals surface area contributed by atoms with Crippen molar-refractivity contribution in [3.05, 3.63) is 75.8 Å². The number of nitrogens with one attached hydrogen (secondary N) is 1. The van der Waals surface area contributed by atoms with E-state index in [0.717, 1.165) is 27.9 Å². The van der Waals surface area contributed by atoms with Crippen molar-refractivity contribution in [2.75, 3.05) is 7.11 Å². The Morgan fingerprint density at radius 1 is 1.03 bits per heavy atom. The highest BCUT2D eigenvalue weighted by Gasteiger charge is 2.14. The van der Waals surface area contributed by atoms with Crippen LogP contribution in [0.25, 0.3) is 10.9 Å². The molecule has 172 valence electrons. The predicted molar refractivity (Wildman–Crippen MR) is 131 cm³/mol. The molecule has 0 aliphatic rings. The van der Waals surface area contributed by atoms with Gasteiger partial charge in [0.1, 0.15) is 18.1 Å². The van der Waals surface area contributed by atoms with E-state index in [2.05, 4.69) is 48.1 Å². The summed E-state index contributed by atoms with van der Waals surface area (Å²) in [6.45, 7) is 6.89. The minimum absolute atomic E-state index is 0.0391. The Bertz CT molecular complexity index is 1320. The first kappa shape index (κ1) is 22.9. The molecule has 0 spiro atoms. The van der Waals surface area contributed by atoms with Crippen molar-refractivity contribution < 1.29 is 9.47 Å². The molecule has 0 atom stereocenters. The third kappa shape index (κ3) is 5.22. The number of aromatic nitrogens is 4. The first-order valence-corrected chi connectivity index (χ1v) is 11.7. The van der Waals surface area contributed by atoms with Crippen molar-refractivity contribution in [1.29, 1.82) is 0 Å². The van der Waals surface area contributed by atoms with E-state index < -0.39 is 0 Å². The van der Waals surface area contributed by atoms with Gasteiger partial charge in [-0.3, -0.25) is 4.79 Å². The number of rotatable bonds is 7. The molecule has 0 bridgehead atoms. The van der Waals surface area contributed by atoms with E-state index in [9.17, 15) is 4.79 Å². The molecule has 0 unspecified atom stereocenters. The Morgan fingerprint density at radius 2 is 1.76 bits per heavy atom. The quantitative estimate of drug-likeness (QED) is 0.394. The van der Waals surface area contributed by atoms with Gasteiger partial charge in [-0.25, -0.2) is 0 Å². The standard InChI is InChI=1S/C25H28N4O3S/c1-25(2,3)16-6-8-18(9-7-16)32-14-23-27-28-24(29(23)4)33-15-17-12-22(30)20-13-19(31-5)10-11-21(20)26-17/h6-13H,14-15H2,1-5H3,(H,26,30). The summed E-state index contributed by atoms with van der Waals surface area (Å²) in [4.78, 5) is 15.8. The Morgan fingerprint density at radius 3 is 2.45 bits per heavy atom. The average molecular weight is 465 g/mol. The van der Waals surface area contributed by atoms with Crippen LogP contribution < -0.4 is 14.9 Å². The summed E-state index contributed by atoms with van der Waals surface area (Å²) in [5, 5.41) is 9.92. The fourth-order valence-electron chi connectivity index (χ4n) is 3.42. The number of hydrogen-bond donors (Lipinski definition) is 1. The predicted octanol–water partition coefficient (Wildman–Crippen LogP) is 4.83. The van der Waals surface area contributed by atoms with Crippen molar-refractivity contribution in [2.45, 2.75) is 43.7 Å². The Kier molecular flexibility index (Phi) is 6.47. The highest BCUT2D eigenvalue weighted by atomic mass is 32.2. The van der Waals surface area contributed by atoms with Gasteiger partial charge < -0.3 is 19.0 Å². The number of H-pyrrole nitrogens is 1. The van der Waals surface area contributed by atoms with Crippen LogP contribution in [0, 0.1) is 0 Å². The molecule has 0 saturated carbocycles. The van der Waals surface area contributed by atoms with Gasteiger partial charge in [-0.2, -0.15) is 0 Å². The molecule has 4 aromatic rings. The zero-order valence-corrected chi connectivity index (χ0v) is 20.3. The minimum atomic E-state index is -0.0391. The van der Waals surface area contributed by atoms with E-state index in [1.807, 2.05) is 35.9 Å². The van der Waals surface area contributed by atoms with Crippen LogP contribution in [-0.4, -0.2) is 26.9 Å². The molecule has 33 heavy (non-hydrogen) atoms. The van der Waals surface area contributed by atoms with Crippen LogP contribution in [0.1, 0.15) is 37.9 Å². The van der Waals surface area contributed by atoms with Crippen LogP contribution in [-0.2, 0) is 24.8 Å². The fraction of sp³-hybridized carbons (Fsp3) is 0.320. The summed E-state index contributed by atoms with van der Waals surface area (Å²) >= 11 is 1.51. The maximum Gasteiger partial charge on any atom is 0.191 e. The van der Waals surface area contributed by atoms with Gasteiger partial charge >= 0.3 is 0 Å². The van der Waals surface area contributed by atoms with Crippen LogP contribution in [0.2, 0.25) is 0 Å². The second-order valence-corrected chi connectivity index (χ2v) is 9.82. The summed E-state index contributed by atoms with van der Waals surface area (Å²) in [6, 6.07) is 15.2. The lowest BCUT2D eigenvalue weighted by atomic mass is 9.87. The summed E-state index contributed by atoms with van der Waals surface area (Å²) in [7, 11) is 3.50. The summed E-state index contributed by atoms with van der Waals surface area (Å²) < 4.78 is 13.0. The van der Waals surface area contributed by atoms with E-state index in [4.69, 9.17) is 9.47 Å². The summed E-state index contributed by atoms with van der Waals surface area (Å²) in [5.74, 6) is 2.76. The molecular formula is C25H28N4O3S. The SMILES string of the molecule is COc1ccc2[nH]c(CSc3nnc(COc4ccc(C(C)(C)C)cc4)n3C)cc(=O)c2c1. The smallest absolute Gasteiger partial charge is 0.191 e. The molecule has 0 radical (unpaired) electrons. The second kappa shape index (κ2) is 9.31. The van der Waals surface area contributed by atoms with Crippen molar-refractivity contribution in [1.82, 2.24) is 19.7 Å². The highest BCUT2D eigenvalue weighted by Crippen LogP contribution is 2.25. The Labute approximate surface area is 197 Å². The largest absolute Gasteiger partial charge is 0.497 e. The number of ether oxygens (including phenoxy) is 2. The van der Waals surface area contributed by atoms with Crippen LogP contribution >= 0.6 is 11.8 Å². The lowest BCUT2D eigenvalue weighted by Gasteiger charge is -2.19. The number of hydrogen-bond acceptors (Lipinski definition) is 6. The molecule has 4 rings (SSSR count). The van der Waals surface area contributed by atoms with Crippen LogP contribution in [0.5, 0.6) is 11.5 Å². The molecule has 2 heterocycles. The third-order valence-electron chi connectivity index (χ3n) is 5.46. The van der Waals surface area contributed by atoms with E-state index in [0.29, 0.717) is 23.5 Å². The molecule has 1 N–H and O–H groups in total. The van der Waals surface area contributed by atoms with Crippen molar-refractivity contribution in [3.63, 3.8) is 0 Å². The van der Waals surface area contributed by atoms with Gasteiger partial charge in [0.25, 0.3) is 0 Å². The van der Waals surface area contributed by atoms with Crippen LogP contribution in [0.3, 0.4) is 0 Å². The highest BCUT2D eigenvalue weighted by molar-refractivity contribution is 7.98. The molecular weight excluding hydrogens is 436 g/mol. The number of pyridine rings is 1. The maximum atomic E-state index is 12.5. The molecule has 0 saturated heterocycles. The van der Waals surface area contributed by atoms with Crippen LogP contribution in [0.4, 0.5) is 0 Å². The molecule has 0 fully saturated rings. The van der Waals surface area contributed by atoms with Crippen molar-refractivity contribution >= 4 is 22.7 Å². The summed E-state index contributed by atoms with van der Waals surface area (Å²) in [5.41, 5.74) is 2.93. The summed E-state index contributed by atoms with van der Waals surface area (Å²) in [6.07, 6.45) is 0. The number of nitrogens with zero attached hydrogens (tertiary/aromatic N) is 3. The molecule has 2 aromatic carbocycles. The maximum absolute atomic E-state index is 12.5. The molecule has 0 aliphatic carbocycles. The van der Waals surface area contributed by atoms with Crippen LogP contribution in [0.15, 0.2) is 58.5 Å². The van der Waals surface area contributed by atoms with Gasteiger partial charge in [-0.15, -0.1) is 10.2 Å². The molecule has 0 amide bonds. The lowest BCUT2D eigenvalue weighted by Crippen LogP contribution is -2.10. The molecule has 0 aliphatic heterocycles. The monoisotopic (exact) mass is 464 g/mol. The second-order valence-electron chi connectivity index (χ2n) is 8.88. The zero-order valence-electron chi connectivity index (χ0n) is 19.5. The minimum Gasteiger partial charge on any atom is -0.497 e. The van der Waals surface area contributed by atoms with E-state index in [1.54, 1.807) is 19.2 Å². The van der Waals surface area contributed by atoms with Gasteiger partial charge in [0.15, 0.2) is 16.4 Å². The van der Waals surface area contributed by atoms with Gasteiger partial charge in [0.2, 0.25) is 0 Å². The van der Waals surface area contributed by atoms with Gasteiger partial charge in [0, 0.05) is 35.5 Å². The first-order chi connectivity index (χ1) is 15.7. The van der Waals surface area contributed by atoms with Crippen molar-refractivity contribution in [2.24, 2.45) is 7.05 Å². The molecule has 7 nitrogen and oxygen atoms in total. The van der Waals surface area contributed by atoms with Gasteiger partial charge in [0.05, 0.1) is 7.11 Å². The first-order valence-electron chi connectivity index (χ1n) is 10.7. The lowest BCUT2D eigenvalue weighted by molar-refractivity contribution is 0.290. The Hall–Kier alpha value is -3.26. The van der Waals surface area contributed by atoms with E-state index >= 15 is 0 Å². The fourth-order valence-corrected chi connectivity index (χ4v) is 4.26. The van der Waals surface area contributed by atoms with Crippen molar-refractivity contribution in [3.8, 4) is 11.5 Å².